The Morgan fingerprint density at radius 1 is 0.938 bits per heavy atom. The minimum absolute atomic E-state index is 0.0843. The third kappa shape index (κ3) is 11.9. The summed E-state index contributed by atoms with van der Waals surface area (Å²) in [6, 6.07) is -1.84. The Balaban J connectivity index is 1.87. The molecular weight excluding hydrogens is 851 g/mol. The molecule has 4 rings (SSSR count). The number of aliphatic hydroxyl groups is 4. The van der Waals surface area contributed by atoms with E-state index in [9.17, 15) is 34.8 Å². The Hall–Kier alpha value is -1.68. The van der Waals surface area contributed by atoms with E-state index >= 15 is 0 Å². The van der Waals surface area contributed by atoms with Crippen molar-refractivity contribution in [3.63, 3.8) is 0 Å². The summed E-state index contributed by atoms with van der Waals surface area (Å²) in [5.74, 6) is -3.41. The summed E-state index contributed by atoms with van der Waals surface area (Å²) < 4.78 is 45.0. The zero-order chi connectivity index (χ0) is 48.6. The van der Waals surface area contributed by atoms with Crippen molar-refractivity contribution < 1.29 is 68.0 Å². The van der Waals surface area contributed by atoms with Gasteiger partial charge >= 0.3 is 11.9 Å². The second kappa shape index (κ2) is 21.3. The molecule has 0 aromatic carbocycles. The van der Waals surface area contributed by atoms with Crippen molar-refractivity contribution >= 4 is 29.6 Å². The summed E-state index contributed by atoms with van der Waals surface area (Å²) in [7, 11) is 7.08. The number of rotatable bonds is 9. The fourth-order valence-electron chi connectivity index (χ4n) is 10.6. The van der Waals surface area contributed by atoms with Gasteiger partial charge in [0, 0.05) is 44.7 Å². The highest BCUT2D eigenvalue weighted by atomic mass is 32.2. The highest BCUT2D eigenvalue weighted by Crippen LogP contribution is 2.42. The van der Waals surface area contributed by atoms with Crippen LogP contribution in [0.4, 0.5) is 0 Å². The molecular formula is C46H83N3O14S. The van der Waals surface area contributed by atoms with Crippen LogP contribution in [0.25, 0.3) is 0 Å². The van der Waals surface area contributed by atoms with Crippen molar-refractivity contribution in [2.24, 2.45) is 17.8 Å². The lowest BCUT2D eigenvalue weighted by Crippen LogP contribution is -2.61. The Morgan fingerprint density at radius 3 is 2.12 bits per heavy atom. The van der Waals surface area contributed by atoms with E-state index in [0.717, 1.165) is 0 Å². The molecule has 4 saturated heterocycles. The van der Waals surface area contributed by atoms with E-state index in [0.29, 0.717) is 18.7 Å². The number of thioether (sulfide) groups is 1. The molecule has 372 valence electrons. The first-order valence-corrected chi connectivity index (χ1v) is 24.1. The van der Waals surface area contributed by atoms with Gasteiger partial charge in [-0.05, 0) is 109 Å². The number of cyclic esters (lactones) is 1. The maximum absolute atomic E-state index is 14.5. The second-order valence-electron chi connectivity index (χ2n) is 20.7. The molecule has 4 fully saturated rings. The van der Waals surface area contributed by atoms with Crippen LogP contribution in [0.2, 0.25) is 0 Å². The van der Waals surface area contributed by atoms with Gasteiger partial charge in [-0.2, -0.15) is 0 Å². The van der Waals surface area contributed by atoms with E-state index in [-0.39, 0.29) is 37.2 Å². The van der Waals surface area contributed by atoms with E-state index in [2.05, 4.69) is 0 Å². The SMILES string of the molecule is CC[C@H]1OC(=O)[C@H](C)[C@@H](O[C@H]2C[C@@](C)(OC)[C@@H](O)[C@H](C)O2)[C@H](C)[C@@H](O[C@@H]2O[C@H](C)C[C@H](N(C)C)[C@H]2OC(=O)[C@@H]2CSC(C)(C)N2C(C)=O)[C@](C)(O)C[C@@H](C)CN(C)[C@H](C)[C@@H](O)[C@]1(C)O. The molecule has 0 aliphatic carbocycles. The van der Waals surface area contributed by atoms with E-state index < -0.39 is 119 Å². The maximum atomic E-state index is 14.5. The first-order chi connectivity index (χ1) is 29.4. The first-order valence-electron chi connectivity index (χ1n) is 23.1. The fraction of sp³-hybridized carbons (Fsp3) is 0.935. The zero-order valence-corrected chi connectivity index (χ0v) is 42.4. The molecule has 0 radical (unpaired) electrons. The number of hydrogen-bond acceptors (Lipinski definition) is 17. The number of methoxy groups -OCH3 is 1. The molecule has 0 bridgehead atoms. The summed E-state index contributed by atoms with van der Waals surface area (Å²) in [6.07, 6.45) is -9.16. The molecule has 0 unspecified atom stereocenters. The average Bonchev–Trinajstić information content (AvgIpc) is 3.53. The van der Waals surface area contributed by atoms with Gasteiger partial charge in [-0.15, -0.1) is 11.8 Å². The van der Waals surface area contributed by atoms with Gasteiger partial charge in [0.2, 0.25) is 5.91 Å². The van der Waals surface area contributed by atoms with Crippen LogP contribution in [0.5, 0.6) is 0 Å². The van der Waals surface area contributed by atoms with Gasteiger partial charge in [0.15, 0.2) is 18.7 Å². The molecule has 64 heavy (non-hydrogen) atoms. The molecule has 4 aliphatic heterocycles. The average molecular weight is 934 g/mol. The van der Waals surface area contributed by atoms with Crippen LogP contribution >= 0.6 is 11.8 Å². The molecule has 1 amide bonds. The molecule has 4 heterocycles. The van der Waals surface area contributed by atoms with Crippen molar-refractivity contribution in [3.05, 3.63) is 0 Å². The minimum Gasteiger partial charge on any atom is -0.459 e. The van der Waals surface area contributed by atoms with Gasteiger partial charge in [0.1, 0.15) is 30.0 Å². The number of amides is 1. The van der Waals surface area contributed by atoms with Crippen LogP contribution in [0.15, 0.2) is 0 Å². The third-order valence-electron chi connectivity index (χ3n) is 14.5. The van der Waals surface area contributed by atoms with Crippen LogP contribution in [0.3, 0.4) is 0 Å². The summed E-state index contributed by atoms with van der Waals surface area (Å²) in [4.78, 5) is 46.5. The van der Waals surface area contributed by atoms with Crippen molar-refractivity contribution in [3.8, 4) is 0 Å². The standard InChI is InChI=1S/C46H83N3O14S/c1-18-33-46(13,56)37(51)28(6)48(16)22-24(2)20-44(11,55)39(26(4)35(27(5)40(53)60-33)61-34-21-45(12,57-17)38(52)29(7)59-34)63-42-36(31(47(14)15)19-25(3)58-42)62-41(54)32-23-64-43(9,10)49(32)30(8)50/h24-29,31-39,42,51-52,55-56H,18-23H2,1-17H3/t24-,25-,26+,27-,28-,29+,31+,32+,33-,34+,35+,36-,37-,38+,39-,42+,44-,45-,46-/m1/s1. The molecule has 4 aliphatic rings. The molecule has 17 nitrogen and oxygen atoms in total. The smallest absolute Gasteiger partial charge is 0.330 e. The fourth-order valence-corrected chi connectivity index (χ4v) is 11.9. The van der Waals surface area contributed by atoms with Gasteiger partial charge in [-0.1, -0.05) is 20.8 Å². The summed E-state index contributed by atoms with van der Waals surface area (Å²) in [5, 5.41) is 47.5. The first kappa shape index (κ1) is 54.9. The van der Waals surface area contributed by atoms with Crippen LogP contribution < -0.4 is 0 Å². The summed E-state index contributed by atoms with van der Waals surface area (Å²) in [6.45, 7) is 23.1. The lowest BCUT2D eigenvalue weighted by molar-refractivity contribution is -0.319. The normalized spacial score (nSPS) is 45.7. The molecule has 19 atom stereocenters. The number of carbonyl (C=O) groups is 3. The number of esters is 2. The topological polar surface area (TPSA) is 206 Å². The van der Waals surface area contributed by atoms with E-state index in [4.69, 9.17) is 33.2 Å². The molecule has 0 spiro atoms. The molecule has 18 heteroatoms. The molecule has 0 aromatic heterocycles. The predicted molar refractivity (Wildman–Crippen MR) is 241 cm³/mol. The van der Waals surface area contributed by atoms with Crippen LogP contribution in [0.1, 0.15) is 116 Å². The third-order valence-corrected chi connectivity index (χ3v) is 15.9. The quantitative estimate of drug-likeness (QED) is 0.245. The Kier molecular flexibility index (Phi) is 18.3. The van der Waals surface area contributed by atoms with Crippen LogP contribution in [0, 0.1) is 17.8 Å². The largest absolute Gasteiger partial charge is 0.459 e. The maximum Gasteiger partial charge on any atom is 0.330 e. The van der Waals surface area contributed by atoms with Gasteiger partial charge in [-0.3, -0.25) is 9.59 Å². The van der Waals surface area contributed by atoms with Gasteiger partial charge < -0.3 is 68.3 Å². The number of nitrogens with zero attached hydrogens (tertiary/aromatic N) is 3. The van der Waals surface area contributed by atoms with Crippen molar-refractivity contribution in [2.75, 3.05) is 40.6 Å². The Bertz CT molecular complexity index is 1590. The zero-order valence-electron chi connectivity index (χ0n) is 41.6. The molecule has 0 aromatic rings. The van der Waals surface area contributed by atoms with Gasteiger partial charge in [0.25, 0.3) is 0 Å². The Labute approximate surface area is 386 Å². The van der Waals surface area contributed by atoms with Crippen LogP contribution in [-0.2, 0) is 47.5 Å². The number of carbonyl (C=O) groups excluding carboxylic acids is 3. The summed E-state index contributed by atoms with van der Waals surface area (Å²) >= 11 is 1.49. The molecule has 4 N–H and O–H groups in total. The molecule has 0 saturated carbocycles. The number of ether oxygens (including phenoxy) is 7. The highest BCUT2D eigenvalue weighted by molar-refractivity contribution is 8.00. The van der Waals surface area contributed by atoms with Crippen molar-refractivity contribution in [1.29, 1.82) is 0 Å². The highest BCUT2D eigenvalue weighted by Gasteiger charge is 2.54. The monoisotopic (exact) mass is 934 g/mol. The second-order valence-corrected chi connectivity index (χ2v) is 22.4. The lowest BCUT2D eigenvalue weighted by Gasteiger charge is -2.49. The van der Waals surface area contributed by atoms with Crippen molar-refractivity contribution in [1.82, 2.24) is 14.7 Å². The van der Waals surface area contributed by atoms with Crippen LogP contribution in [-0.4, -0.2) is 195 Å². The number of likely N-dealkylation sites (N-methyl/N-ethyl adjacent to an activating group) is 2. The number of aliphatic hydroxyl groups excluding tert-OH is 2. The van der Waals surface area contributed by atoms with Gasteiger partial charge in [0.05, 0.1) is 52.4 Å². The van der Waals surface area contributed by atoms with E-state index in [1.54, 1.807) is 53.4 Å². The predicted octanol–water partition coefficient (Wildman–Crippen LogP) is 3.15. The number of hydrogen-bond donors (Lipinski definition) is 4. The van der Waals surface area contributed by atoms with E-state index in [1.165, 1.54) is 32.7 Å². The summed E-state index contributed by atoms with van der Waals surface area (Å²) in [5.41, 5.74) is -4.60. The van der Waals surface area contributed by atoms with Gasteiger partial charge in [-0.25, -0.2) is 4.79 Å². The van der Waals surface area contributed by atoms with E-state index in [1.807, 2.05) is 58.6 Å². The van der Waals surface area contributed by atoms with Crippen molar-refractivity contribution in [2.45, 2.75) is 217 Å². The Morgan fingerprint density at radius 2 is 1.56 bits per heavy atom. The minimum atomic E-state index is -1.85. The lowest BCUT2D eigenvalue weighted by atomic mass is 9.77.